The molecule has 0 atom stereocenters. The molecule has 0 saturated heterocycles. The Morgan fingerprint density at radius 2 is 2.04 bits per heavy atom. The number of pyridine rings is 1. The van der Waals surface area contributed by atoms with Crippen molar-refractivity contribution >= 4 is 34.8 Å². The van der Waals surface area contributed by atoms with Gasteiger partial charge in [-0.2, -0.15) is 0 Å². The summed E-state index contributed by atoms with van der Waals surface area (Å²) in [4.78, 5) is 6.82. The molecule has 8 heteroatoms. The Labute approximate surface area is 175 Å². The number of nitrogens with zero attached hydrogens (tertiary/aromatic N) is 5. The van der Waals surface area contributed by atoms with Gasteiger partial charge in [0, 0.05) is 39.3 Å². The van der Waals surface area contributed by atoms with Crippen molar-refractivity contribution in [1.29, 1.82) is 0 Å². The third-order valence-electron chi connectivity index (χ3n) is 4.30. The number of guanidine groups is 1. The van der Waals surface area contributed by atoms with Crippen molar-refractivity contribution in [2.24, 2.45) is 4.99 Å². The van der Waals surface area contributed by atoms with E-state index in [2.05, 4.69) is 27.3 Å². The molecule has 0 fully saturated rings. The summed E-state index contributed by atoms with van der Waals surface area (Å²) in [6.45, 7) is 4.26. The van der Waals surface area contributed by atoms with E-state index >= 15 is 0 Å². The van der Waals surface area contributed by atoms with Crippen molar-refractivity contribution < 1.29 is 0 Å². The van der Waals surface area contributed by atoms with Crippen molar-refractivity contribution in [3.8, 4) is 0 Å². The quantitative estimate of drug-likeness (QED) is 0.357. The largest absolute Gasteiger partial charge is 0.357 e. The van der Waals surface area contributed by atoms with Gasteiger partial charge in [0.1, 0.15) is 5.82 Å². The van der Waals surface area contributed by atoms with E-state index in [0.29, 0.717) is 23.1 Å². The van der Waals surface area contributed by atoms with Crippen LogP contribution >= 0.6 is 23.2 Å². The van der Waals surface area contributed by atoms with Crippen LogP contribution < -0.4 is 5.32 Å². The minimum Gasteiger partial charge on any atom is -0.357 e. The summed E-state index contributed by atoms with van der Waals surface area (Å²) < 4.78 is 2.02. The molecule has 148 valence electrons. The number of rotatable bonds is 7. The SMILES string of the molecule is CCNC(=NCCCc1nnc2ccccn12)N(C)Cc1ccc(Cl)c(Cl)c1. The van der Waals surface area contributed by atoms with Crippen LogP contribution in [0.25, 0.3) is 5.65 Å². The lowest BCUT2D eigenvalue weighted by molar-refractivity contribution is 0.476. The summed E-state index contributed by atoms with van der Waals surface area (Å²) in [7, 11) is 2.01. The molecule has 0 amide bonds. The maximum Gasteiger partial charge on any atom is 0.193 e. The third kappa shape index (κ3) is 5.14. The number of aryl methyl sites for hydroxylation is 1. The first-order valence-corrected chi connectivity index (χ1v) is 10.1. The predicted molar refractivity (Wildman–Crippen MR) is 115 cm³/mol. The van der Waals surface area contributed by atoms with Gasteiger partial charge >= 0.3 is 0 Å². The van der Waals surface area contributed by atoms with Crippen LogP contribution in [0.1, 0.15) is 24.7 Å². The van der Waals surface area contributed by atoms with Crippen LogP contribution in [0.5, 0.6) is 0 Å². The van der Waals surface area contributed by atoms with Crippen LogP contribution in [0.3, 0.4) is 0 Å². The highest BCUT2D eigenvalue weighted by Crippen LogP contribution is 2.23. The number of aliphatic imine (C=N–C) groups is 1. The molecule has 2 aromatic heterocycles. The van der Waals surface area contributed by atoms with Gasteiger partial charge in [-0.1, -0.05) is 35.3 Å². The molecule has 0 bridgehead atoms. The zero-order valence-electron chi connectivity index (χ0n) is 16.1. The Balaban J connectivity index is 1.59. The zero-order valence-corrected chi connectivity index (χ0v) is 17.6. The van der Waals surface area contributed by atoms with E-state index in [1.165, 1.54) is 0 Å². The van der Waals surface area contributed by atoms with Crippen molar-refractivity contribution in [1.82, 2.24) is 24.8 Å². The monoisotopic (exact) mass is 418 g/mol. The van der Waals surface area contributed by atoms with Gasteiger partial charge in [0.15, 0.2) is 11.6 Å². The van der Waals surface area contributed by atoms with Gasteiger partial charge in [-0.25, -0.2) is 0 Å². The fraction of sp³-hybridized carbons (Fsp3) is 0.350. The summed E-state index contributed by atoms with van der Waals surface area (Å²) in [6, 6.07) is 11.6. The molecular formula is C20H24Cl2N6. The van der Waals surface area contributed by atoms with Crippen LogP contribution in [-0.2, 0) is 13.0 Å². The number of aromatic nitrogens is 3. The zero-order chi connectivity index (χ0) is 19.9. The van der Waals surface area contributed by atoms with E-state index in [1.54, 1.807) is 0 Å². The lowest BCUT2D eigenvalue weighted by Gasteiger charge is -2.22. The maximum absolute atomic E-state index is 6.12. The lowest BCUT2D eigenvalue weighted by Crippen LogP contribution is -2.38. The molecule has 6 nitrogen and oxygen atoms in total. The Kier molecular flexibility index (Phi) is 7.12. The molecule has 0 radical (unpaired) electrons. The topological polar surface area (TPSA) is 57.8 Å². The average molecular weight is 419 g/mol. The van der Waals surface area contributed by atoms with E-state index in [-0.39, 0.29) is 0 Å². The summed E-state index contributed by atoms with van der Waals surface area (Å²) in [5, 5.41) is 12.9. The smallest absolute Gasteiger partial charge is 0.193 e. The second-order valence-corrected chi connectivity index (χ2v) is 7.30. The predicted octanol–water partition coefficient (Wildman–Crippen LogP) is 4.07. The van der Waals surface area contributed by atoms with Crippen molar-refractivity contribution in [3.63, 3.8) is 0 Å². The highest BCUT2D eigenvalue weighted by Gasteiger charge is 2.09. The second kappa shape index (κ2) is 9.75. The molecule has 0 unspecified atom stereocenters. The minimum absolute atomic E-state index is 0.564. The standard InChI is InChI=1S/C20H24Cl2N6/c1-3-23-20(27(2)14-15-9-10-16(21)17(22)13-15)24-11-6-8-19-26-25-18-7-4-5-12-28(18)19/h4-5,7,9-10,12-13H,3,6,8,11,14H2,1-2H3,(H,23,24). The lowest BCUT2D eigenvalue weighted by atomic mass is 10.2. The van der Waals surface area contributed by atoms with Crippen molar-refractivity contribution in [2.45, 2.75) is 26.3 Å². The Bertz CT molecular complexity index is 953. The minimum atomic E-state index is 0.564. The van der Waals surface area contributed by atoms with Crippen LogP contribution in [0, 0.1) is 0 Å². The van der Waals surface area contributed by atoms with Gasteiger partial charge in [-0.15, -0.1) is 10.2 Å². The van der Waals surface area contributed by atoms with Crippen molar-refractivity contribution in [2.75, 3.05) is 20.1 Å². The fourth-order valence-corrected chi connectivity index (χ4v) is 3.26. The normalized spacial score (nSPS) is 11.8. The molecule has 0 aliphatic rings. The third-order valence-corrected chi connectivity index (χ3v) is 5.04. The Hall–Kier alpha value is -2.31. The summed E-state index contributed by atoms with van der Waals surface area (Å²) in [5.74, 6) is 1.82. The fourth-order valence-electron chi connectivity index (χ4n) is 2.94. The maximum atomic E-state index is 6.12. The number of halogens is 2. The van der Waals surface area contributed by atoms with Gasteiger partial charge in [-0.3, -0.25) is 9.39 Å². The molecule has 0 saturated carbocycles. The van der Waals surface area contributed by atoms with Crippen LogP contribution in [-0.4, -0.2) is 45.6 Å². The molecule has 3 rings (SSSR count). The highest BCUT2D eigenvalue weighted by atomic mass is 35.5. The van der Waals surface area contributed by atoms with E-state index < -0.39 is 0 Å². The first-order valence-electron chi connectivity index (χ1n) is 9.30. The van der Waals surface area contributed by atoms with Gasteiger partial charge < -0.3 is 10.2 Å². The molecule has 2 heterocycles. The molecule has 0 spiro atoms. The highest BCUT2D eigenvalue weighted by molar-refractivity contribution is 6.42. The molecular weight excluding hydrogens is 395 g/mol. The second-order valence-electron chi connectivity index (χ2n) is 6.49. The van der Waals surface area contributed by atoms with Crippen LogP contribution in [0.2, 0.25) is 10.0 Å². The number of hydrogen-bond acceptors (Lipinski definition) is 3. The van der Waals surface area contributed by atoms with Gasteiger partial charge in [-0.05, 0) is 43.2 Å². The summed E-state index contributed by atoms with van der Waals surface area (Å²) >= 11 is 12.1. The number of benzene rings is 1. The van der Waals surface area contributed by atoms with Gasteiger partial charge in [0.2, 0.25) is 0 Å². The van der Waals surface area contributed by atoms with Gasteiger partial charge in [0.25, 0.3) is 0 Å². The summed E-state index contributed by atoms with van der Waals surface area (Å²) in [6.07, 6.45) is 3.71. The Morgan fingerprint density at radius 3 is 2.82 bits per heavy atom. The van der Waals surface area contributed by atoms with E-state index in [0.717, 1.165) is 42.4 Å². The van der Waals surface area contributed by atoms with Gasteiger partial charge in [0.05, 0.1) is 10.0 Å². The van der Waals surface area contributed by atoms with E-state index in [9.17, 15) is 0 Å². The van der Waals surface area contributed by atoms with E-state index in [1.807, 2.05) is 54.0 Å². The molecule has 1 N–H and O–H groups in total. The van der Waals surface area contributed by atoms with Crippen LogP contribution in [0.15, 0.2) is 47.6 Å². The number of fused-ring (bicyclic) bond motifs is 1. The molecule has 28 heavy (non-hydrogen) atoms. The number of nitrogens with one attached hydrogen (secondary N) is 1. The molecule has 1 aromatic carbocycles. The Morgan fingerprint density at radius 1 is 1.18 bits per heavy atom. The number of hydrogen-bond donors (Lipinski definition) is 1. The molecule has 3 aromatic rings. The van der Waals surface area contributed by atoms with Crippen molar-refractivity contribution in [3.05, 3.63) is 64.0 Å². The first kappa shape index (κ1) is 20.4. The van der Waals surface area contributed by atoms with Crippen LogP contribution in [0.4, 0.5) is 0 Å². The average Bonchev–Trinajstić information content (AvgIpc) is 3.10. The molecule has 0 aliphatic carbocycles. The summed E-state index contributed by atoms with van der Waals surface area (Å²) in [5.41, 5.74) is 1.95. The first-order chi connectivity index (χ1) is 13.6. The molecule has 0 aliphatic heterocycles. The van der Waals surface area contributed by atoms with E-state index in [4.69, 9.17) is 28.2 Å².